The van der Waals surface area contributed by atoms with E-state index in [-0.39, 0.29) is 28.7 Å². The third-order valence-electron chi connectivity index (χ3n) is 5.08. The summed E-state index contributed by atoms with van der Waals surface area (Å²) in [5, 5.41) is 0.286. The highest BCUT2D eigenvalue weighted by atomic mass is 32.1. The maximum absolute atomic E-state index is 13.0. The number of halogens is 3. The Labute approximate surface area is 136 Å². The first-order valence-electron chi connectivity index (χ1n) is 7.28. The molecule has 4 rings (SSSR count). The van der Waals surface area contributed by atoms with Gasteiger partial charge in [0.2, 0.25) is 0 Å². The molecule has 2 saturated heterocycles. The van der Waals surface area contributed by atoms with Gasteiger partial charge in [-0.05, 0) is 43.8 Å². The molecule has 2 bridgehead atoms. The van der Waals surface area contributed by atoms with E-state index in [4.69, 9.17) is 12.2 Å². The molecule has 0 spiro atoms. The molecule has 1 aliphatic carbocycles. The molecule has 3 nitrogen and oxygen atoms in total. The summed E-state index contributed by atoms with van der Waals surface area (Å²) in [6, 6.07) is 4.80. The van der Waals surface area contributed by atoms with Crippen LogP contribution in [0.25, 0.3) is 0 Å². The zero-order valence-corrected chi connectivity index (χ0v) is 13.0. The van der Waals surface area contributed by atoms with Crippen LogP contribution in [0.1, 0.15) is 18.9 Å². The number of rotatable bonds is 1. The highest BCUT2D eigenvalue weighted by Crippen LogP contribution is 2.50. The Morgan fingerprint density at radius 3 is 2.70 bits per heavy atom. The van der Waals surface area contributed by atoms with E-state index in [1.807, 2.05) is 24.0 Å². The second-order valence-electron chi connectivity index (χ2n) is 6.28. The molecule has 0 aromatic heterocycles. The zero-order chi connectivity index (χ0) is 16.6. The molecule has 2 heterocycles. The minimum atomic E-state index is -4.46. The van der Waals surface area contributed by atoms with E-state index in [0.29, 0.717) is 0 Å². The Bertz CT molecular complexity index is 760. The van der Waals surface area contributed by atoms with Gasteiger partial charge >= 0.3 is 6.18 Å². The number of hydrogen-bond donors (Lipinski definition) is 0. The second kappa shape index (κ2) is 4.35. The first-order chi connectivity index (χ1) is 10.7. The van der Waals surface area contributed by atoms with Crippen molar-refractivity contribution >= 4 is 28.9 Å². The maximum atomic E-state index is 13.0. The quantitative estimate of drug-likeness (QED) is 0.579. The number of carbonyl (C=O) groups is 1. The first-order valence-corrected chi connectivity index (χ1v) is 7.69. The Morgan fingerprint density at radius 2 is 2.04 bits per heavy atom. The molecule has 0 N–H and O–H groups in total. The number of carbonyl (C=O) groups excluding carboxylic acids is 1. The topological polar surface area (TPSA) is 23.6 Å². The van der Waals surface area contributed by atoms with Crippen molar-refractivity contribution in [1.29, 1.82) is 0 Å². The number of thiocarbonyl (C=S) groups is 1. The van der Waals surface area contributed by atoms with Gasteiger partial charge in [-0.2, -0.15) is 13.2 Å². The van der Waals surface area contributed by atoms with Crippen molar-refractivity contribution < 1.29 is 18.0 Å². The molecule has 1 amide bonds. The molecule has 1 aromatic rings. The van der Waals surface area contributed by atoms with Crippen LogP contribution in [0.15, 0.2) is 36.4 Å². The average molecular weight is 338 g/mol. The molecule has 2 fully saturated rings. The van der Waals surface area contributed by atoms with Crippen molar-refractivity contribution in [2.75, 3.05) is 4.90 Å². The number of alkyl halides is 3. The smallest absolute Gasteiger partial charge is 0.327 e. The molecule has 3 unspecified atom stereocenters. The number of hydrogen-bond acceptors (Lipinski definition) is 2. The second-order valence-corrected chi connectivity index (χ2v) is 6.65. The van der Waals surface area contributed by atoms with Crippen LogP contribution in [-0.4, -0.2) is 27.5 Å². The van der Waals surface area contributed by atoms with Gasteiger partial charge in [-0.15, -0.1) is 0 Å². The van der Waals surface area contributed by atoms with E-state index in [1.165, 1.54) is 17.0 Å². The zero-order valence-electron chi connectivity index (χ0n) is 12.2. The lowest BCUT2D eigenvalue weighted by molar-refractivity contribution is -0.137. The fourth-order valence-corrected chi connectivity index (χ4v) is 4.40. The minimum absolute atomic E-state index is 0.0498. The largest absolute Gasteiger partial charge is 0.416 e. The summed E-state index contributed by atoms with van der Waals surface area (Å²) in [6.45, 7) is 1.82. The van der Waals surface area contributed by atoms with Crippen molar-refractivity contribution in [1.82, 2.24) is 4.90 Å². The van der Waals surface area contributed by atoms with Crippen molar-refractivity contribution in [3.05, 3.63) is 42.0 Å². The highest BCUT2D eigenvalue weighted by Gasteiger charge is 2.64. The summed E-state index contributed by atoms with van der Waals surface area (Å²) >= 11 is 5.43. The van der Waals surface area contributed by atoms with Gasteiger partial charge in [-0.1, -0.05) is 18.2 Å². The van der Waals surface area contributed by atoms with Gasteiger partial charge < -0.3 is 4.90 Å². The molecule has 120 valence electrons. The van der Waals surface area contributed by atoms with Gasteiger partial charge in [0.1, 0.15) is 5.54 Å². The molecule has 0 saturated carbocycles. The van der Waals surface area contributed by atoms with Crippen LogP contribution in [0.4, 0.5) is 18.9 Å². The molecule has 1 aromatic carbocycles. The lowest BCUT2D eigenvalue weighted by atomic mass is 9.87. The number of benzene rings is 1. The minimum Gasteiger partial charge on any atom is -0.327 e. The highest BCUT2D eigenvalue weighted by molar-refractivity contribution is 7.80. The van der Waals surface area contributed by atoms with Crippen LogP contribution < -0.4 is 4.90 Å². The summed E-state index contributed by atoms with van der Waals surface area (Å²) in [6.07, 6.45) is 0.402. The predicted molar refractivity (Wildman–Crippen MR) is 82.8 cm³/mol. The fourth-order valence-electron chi connectivity index (χ4n) is 3.88. The third kappa shape index (κ3) is 1.77. The number of amides is 1. The monoisotopic (exact) mass is 338 g/mol. The maximum Gasteiger partial charge on any atom is 0.416 e. The van der Waals surface area contributed by atoms with Crippen molar-refractivity contribution in [2.45, 2.75) is 31.1 Å². The van der Waals surface area contributed by atoms with Crippen molar-refractivity contribution in [3.63, 3.8) is 0 Å². The average Bonchev–Trinajstić information content (AvgIpc) is 3.11. The van der Waals surface area contributed by atoms with Gasteiger partial charge in [0.25, 0.3) is 5.91 Å². The Morgan fingerprint density at radius 1 is 1.30 bits per heavy atom. The molecule has 0 radical (unpaired) electrons. The van der Waals surface area contributed by atoms with Gasteiger partial charge in [0.05, 0.1) is 17.3 Å². The molecule has 3 atom stereocenters. The Kier molecular flexibility index (Phi) is 2.77. The van der Waals surface area contributed by atoms with Crippen LogP contribution in [0.2, 0.25) is 0 Å². The lowest BCUT2D eigenvalue weighted by Crippen LogP contribution is -2.49. The summed E-state index contributed by atoms with van der Waals surface area (Å²) in [4.78, 5) is 16.1. The Hall–Kier alpha value is -1.89. The van der Waals surface area contributed by atoms with Gasteiger partial charge in [-0.25, -0.2) is 0 Å². The van der Waals surface area contributed by atoms with E-state index in [1.54, 1.807) is 0 Å². The number of anilines is 1. The molecular formula is C16H13F3N2OS. The normalized spacial score (nSPS) is 32.2. The number of fused-ring (bicyclic) bond motifs is 5. The van der Waals surface area contributed by atoms with E-state index in [0.717, 1.165) is 18.6 Å². The van der Waals surface area contributed by atoms with Crippen molar-refractivity contribution in [2.24, 2.45) is 5.92 Å². The summed E-state index contributed by atoms with van der Waals surface area (Å²) < 4.78 is 38.8. The van der Waals surface area contributed by atoms with E-state index < -0.39 is 17.3 Å². The summed E-state index contributed by atoms with van der Waals surface area (Å²) in [7, 11) is 0. The van der Waals surface area contributed by atoms with Crippen LogP contribution in [0.3, 0.4) is 0 Å². The summed E-state index contributed by atoms with van der Waals surface area (Å²) in [5.74, 6) is -0.201. The summed E-state index contributed by atoms with van der Waals surface area (Å²) in [5.41, 5.74) is -1.40. The Balaban J connectivity index is 1.78. The van der Waals surface area contributed by atoms with Crippen molar-refractivity contribution in [3.8, 4) is 0 Å². The van der Waals surface area contributed by atoms with Crippen LogP contribution in [0, 0.1) is 5.92 Å². The van der Waals surface area contributed by atoms with Crippen LogP contribution >= 0.6 is 12.2 Å². The van der Waals surface area contributed by atoms with Gasteiger partial charge in [0.15, 0.2) is 5.11 Å². The molecule has 3 aliphatic rings. The van der Waals surface area contributed by atoms with Crippen LogP contribution in [-0.2, 0) is 11.0 Å². The SMILES string of the molecule is CC12C(=O)N(c3cccc(C(F)(F)F)c3)C(=S)N1C1C=CC2C1. The predicted octanol–water partition coefficient (Wildman–Crippen LogP) is 3.36. The molecule has 23 heavy (non-hydrogen) atoms. The van der Waals surface area contributed by atoms with Gasteiger partial charge in [-0.3, -0.25) is 9.69 Å². The first kappa shape index (κ1) is 14.7. The molecule has 2 aliphatic heterocycles. The molecular weight excluding hydrogens is 325 g/mol. The third-order valence-corrected chi connectivity index (χ3v) is 5.46. The van der Waals surface area contributed by atoms with E-state index >= 15 is 0 Å². The van der Waals surface area contributed by atoms with Gasteiger partial charge in [0, 0.05) is 5.92 Å². The standard InChI is InChI=1S/C16H13F3N2OS/c1-15-9-5-6-12(7-9)21(15)14(23)20(13(15)22)11-4-2-3-10(8-11)16(17,18)19/h2-6,8-9,12H,7H2,1H3. The lowest BCUT2D eigenvalue weighted by Gasteiger charge is -2.33. The van der Waals surface area contributed by atoms with E-state index in [2.05, 4.69) is 0 Å². The number of nitrogens with zero attached hydrogens (tertiary/aromatic N) is 2. The van der Waals surface area contributed by atoms with Crippen LogP contribution in [0.5, 0.6) is 0 Å². The van der Waals surface area contributed by atoms with E-state index in [9.17, 15) is 18.0 Å². The fraction of sp³-hybridized carbons (Fsp3) is 0.375. The molecule has 7 heteroatoms.